The largest absolute Gasteiger partial charge is 0.382 e. The van der Waals surface area contributed by atoms with Gasteiger partial charge in [0.25, 0.3) is 0 Å². The molecule has 22 heavy (non-hydrogen) atoms. The van der Waals surface area contributed by atoms with E-state index < -0.39 is 0 Å². The summed E-state index contributed by atoms with van der Waals surface area (Å²) in [4.78, 5) is 16.3. The van der Waals surface area contributed by atoms with Crippen molar-refractivity contribution in [2.24, 2.45) is 0 Å². The van der Waals surface area contributed by atoms with Crippen LogP contribution in [-0.2, 0) is 0 Å². The summed E-state index contributed by atoms with van der Waals surface area (Å²) in [7, 11) is 0. The summed E-state index contributed by atoms with van der Waals surface area (Å²) in [6, 6.07) is 14.6. The van der Waals surface area contributed by atoms with Gasteiger partial charge >= 0.3 is 0 Å². The van der Waals surface area contributed by atoms with Crippen LogP contribution in [0.25, 0.3) is 10.4 Å². The molecule has 0 aliphatic rings. The minimum atomic E-state index is 0.399. The molecule has 0 aliphatic heterocycles. The molecule has 1 aromatic heterocycles. The number of thiazole rings is 1. The number of benzene rings is 2. The van der Waals surface area contributed by atoms with E-state index in [0.29, 0.717) is 21.5 Å². The second-order valence-electron chi connectivity index (χ2n) is 4.57. The molecule has 3 N–H and O–H groups in total. The molecule has 0 saturated heterocycles. The van der Waals surface area contributed by atoms with E-state index in [2.05, 4.69) is 10.3 Å². The Labute approximate surface area is 136 Å². The average Bonchev–Trinajstić information content (AvgIpc) is 2.90. The normalized spacial score (nSPS) is 10.4. The molecule has 0 atom stereocenters. The Kier molecular flexibility index (Phi) is 4.09. The molecule has 0 unspecified atom stereocenters. The zero-order valence-corrected chi connectivity index (χ0v) is 13.0. The van der Waals surface area contributed by atoms with Crippen molar-refractivity contribution in [3.8, 4) is 10.4 Å². The van der Waals surface area contributed by atoms with Crippen LogP contribution in [0.3, 0.4) is 0 Å². The molecule has 0 saturated carbocycles. The van der Waals surface area contributed by atoms with Crippen molar-refractivity contribution in [3.05, 3.63) is 59.1 Å². The molecule has 0 spiro atoms. The number of hydrogen-bond acceptors (Lipinski definition) is 5. The van der Waals surface area contributed by atoms with Gasteiger partial charge in [-0.15, -0.1) is 0 Å². The van der Waals surface area contributed by atoms with E-state index >= 15 is 0 Å². The fraction of sp³-hybridized carbons (Fsp3) is 0. The molecule has 1 heterocycles. The SMILES string of the molecule is Nc1nc(Nc2ccc(Cl)cc2)sc1-c1ccccc1C=O. The maximum atomic E-state index is 11.2. The highest BCUT2D eigenvalue weighted by molar-refractivity contribution is 7.19. The molecule has 3 aromatic rings. The van der Waals surface area contributed by atoms with E-state index in [9.17, 15) is 4.79 Å². The van der Waals surface area contributed by atoms with Gasteiger partial charge in [-0.05, 0) is 24.3 Å². The van der Waals surface area contributed by atoms with Gasteiger partial charge in [-0.2, -0.15) is 0 Å². The summed E-state index contributed by atoms with van der Waals surface area (Å²) < 4.78 is 0. The van der Waals surface area contributed by atoms with Crippen LogP contribution in [0.4, 0.5) is 16.6 Å². The predicted molar refractivity (Wildman–Crippen MR) is 92.1 cm³/mol. The van der Waals surface area contributed by atoms with E-state index in [1.54, 1.807) is 18.2 Å². The number of carbonyl (C=O) groups excluding carboxylic acids is 1. The van der Waals surface area contributed by atoms with Crippen LogP contribution in [0.1, 0.15) is 10.4 Å². The van der Waals surface area contributed by atoms with E-state index in [4.69, 9.17) is 17.3 Å². The summed E-state index contributed by atoms with van der Waals surface area (Å²) in [5.74, 6) is 0.399. The number of anilines is 3. The highest BCUT2D eigenvalue weighted by atomic mass is 35.5. The predicted octanol–water partition coefficient (Wildman–Crippen LogP) is 4.60. The number of carbonyl (C=O) groups is 1. The van der Waals surface area contributed by atoms with Crippen molar-refractivity contribution in [1.29, 1.82) is 0 Å². The Balaban J connectivity index is 1.94. The van der Waals surface area contributed by atoms with Crippen LogP contribution in [0.5, 0.6) is 0 Å². The summed E-state index contributed by atoms with van der Waals surface area (Å²) in [5.41, 5.74) is 8.25. The molecule has 4 nitrogen and oxygen atoms in total. The van der Waals surface area contributed by atoms with Gasteiger partial charge in [0.2, 0.25) is 0 Å². The van der Waals surface area contributed by atoms with Gasteiger partial charge in [-0.1, -0.05) is 47.2 Å². The second kappa shape index (κ2) is 6.17. The van der Waals surface area contributed by atoms with Crippen LogP contribution < -0.4 is 11.1 Å². The van der Waals surface area contributed by atoms with Crippen molar-refractivity contribution < 1.29 is 4.79 Å². The smallest absolute Gasteiger partial charge is 0.189 e. The first kappa shape index (κ1) is 14.6. The van der Waals surface area contributed by atoms with Gasteiger partial charge < -0.3 is 11.1 Å². The molecule has 2 aromatic carbocycles. The van der Waals surface area contributed by atoms with Gasteiger partial charge in [-0.3, -0.25) is 4.79 Å². The van der Waals surface area contributed by atoms with Crippen molar-refractivity contribution in [2.45, 2.75) is 0 Å². The number of nitrogen functional groups attached to an aromatic ring is 1. The first-order valence-electron chi connectivity index (χ1n) is 6.51. The Bertz CT molecular complexity index is 815. The number of aromatic nitrogens is 1. The van der Waals surface area contributed by atoms with Crippen molar-refractivity contribution in [3.63, 3.8) is 0 Å². The molecular weight excluding hydrogens is 318 g/mol. The summed E-state index contributed by atoms with van der Waals surface area (Å²) >= 11 is 7.27. The van der Waals surface area contributed by atoms with Crippen LogP contribution in [0.2, 0.25) is 5.02 Å². The van der Waals surface area contributed by atoms with Gasteiger partial charge in [0.05, 0.1) is 4.88 Å². The number of aldehydes is 1. The number of nitrogens with two attached hydrogens (primary N) is 1. The highest BCUT2D eigenvalue weighted by Gasteiger charge is 2.13. The third kappa shape index (κ3) is 2.95. The Morgan fingerprint density at radius 3 is 2.59 bits per heavy atom. The van der Waals surface area contributed by atoms with Crippen LogP contribution in [-0.4, -0.2) is 11.3 Å². The van der Waals surface area contributed by atoms with Crippen LogP contribution in [0.15, 0.2) is 48.5 Å². The molecule has 0 bridgehead atoms. The monoisotopic (exact) mass is 329 g/mol. The average molecular weight is 330 g/mol. The first-order chi connectivity index (χ1) is 10.7. The van der Waals surface area contributed by atoms with Gasteiger partial charge in [0.1, 0.15) is 5.82 Å². The summed E-state index contributed by atoms with van der Waals surface area (Å²) in [6.45, 7) is 0. The molecule has 110 valence electrons. The quantitative estimate of drug-likeness (QED) is 0.686. The minimum absolute atomic E-state index is 0.399. The van der Waals surface area contributed by atoms with E-state index in [-0.39, 0.29) is 0 Å². The Morgan fingerprint density at radius 1 is 1.14 bits per heavy atom. The molecule has 0 aliphatic carbocycles. The fourth-order valence-corrected chi connectivity index (χ4v) is 3.12. The molecule has 0 fully saturated rings. The Morgan fingerprint density at radius 2 is 1.86 bits per heavy atom. The third-order valence-corrected chi connectivity index (χ3v) is 4.35. The van der Waals surface area contributed by atoms with Gasteiger partial charge in [-0.25, -0.2) is 4.98 Å². The number of nitrogens with zero attached hydrogens (tertiary/aromatic N) is 1. The van der Waals surface area contributed by atoms with Crippen LogP contribution in [0, 0.1) is 0 Å². The van der Waals surface area contributed by atoms with Gasteiger partial charge in [0, 0.05) is 21.8 Å². The lowest BCUT2D eigenvalue weighted by molar-refractivity contribution is 0.112. The van der Waals surface area contributed by atoms with Crippen molar-refractivity contribution in [1.82, 2.24) is 4.98 Å². The highest BCUT2D eigenvalue weighted by Crippen LogP contribution is 2.37. The fourth-order valence-electron chi connectivity index (χ4n) is 2.04. The number of nitrogens with one attached hydrogen (secondary N) is 1. The zero-order valence-electron chi connectivity index (χ0n) is 11.4. The number of halogens is 1. The minimum Gasteiger partial charge on any atom is -0.382 e. The zero-order chi connectivity index (χ0) is 15.5. The maximum Gasteiger partial charge on any atom is 0.189 e. The Hall–Kier alpha value is -2.37. The maximum absolute atomic E-state index is 11.2. The lowest BCUT2D eigenvalue weighted by Gasteiger charge is -2.02. The van der Waals surface area contributed by atoms with E-state index in [0.717, 1.165) is 22.4 Å². The lowest BCUT2D eigenvalue weighted by atomic mass is 10.1. The van der Waals surface area contributed by atoms with Crippen molar-refractivity contribution >= 4 is 45.9 Å². The lowest BCUT2D eigenvalue weighted by Crippen LogP contribution is -1.92. The van der Waals surface area contributed by atoms with Gasteiger partial charge in [0.15, 0.2) is 11.4 Å². The molecule has 3 rings (SSSR count). The molecular formula is C16H12ClN3OS. The number of rotatable bonds is 4. The van der Waals surface area contributed by atoms with Crippen LogP contribution >= 0.6 is 22.9 Å². The molecule has 0 radical (unpaired) electrons. The summed E-state index contributed by atoms with van der Waals surface area (Å²) in [6.07, 6.45) is 0.820. The third-order valence-electron chi connectivity index (χ3n) is 3.08. The van der Waals surface area contributed by atoms with Crippen molar-refractivity contribution in [2.75, 3.05) is 11.1 Å². The molecule has 6 heteroatoms. The second-order valence-corrected chi connectivity index (χ2v) is 6.01. The van der Waals surface area contributed by atoms with E-state index in [1.807, 2.05) is 30.3 Å². The number of hydrogen-bond donors (Lipinski definition) is 2. The molecule has 0 amide bonds. The standard InChI is InChI=1S/C16H12ClN3OS/c17-11-5-7-12(8-6-11)19-16-20-15(18)14(22-16)13-4-2-1-3-10(13)9-21/h1-9H,18H2,(H,19,20). The summed E-state index contributed by atoms with van der Waals surface area (Å²) in [5, 5.41) is 4.51. The topological polar surface area (TPSA) is 68.0 Å². The van der Waals surface area contributed by atoms with E-state index in [1.165, 1.54) is 11.3 Å². The first-order valence-corrected chi connectivity index (χ1v) is 7.70.